The van der Waals surface area contributed by atoms with Crippen LogP contribution >= 0.6 is 11.3 Å². The molecule has 2 fully saturated rings. The first kappa shape index (κ1) is 19.9. The Morgan fingerprint density at radius 2 is 1.88 bits per heavy atom. The molecule has 4 aromatic rings. The standard InChI is InChI=1S/C24H27N5O2S/c1-15-20(13-27-10-17-3-4-18(9-17)11-27)32-23-21(15)22-25-14-26-29(22)24(30)28(23)12-16-5-7-19(31-2)8-6-16/h5-8,14,17-18H,3-4,9-13H2,1-2H3. The largest absolute Gasteiger partial charge is 0.497 e. The average Bonchev–Trinajstić information content (AvgIpc) is 3.50. The first-order chi connectivity index (χ1) is 15.6. The molecule has 0 N–H and O–H groups in total. The smallest absolute Gasteiger partial charge is 0.352 e. The van der Waals surface area contributed by atoms with E-state index in [4.69, 9.17) is 4.74 Å². The zero-order valence-electron chi connectivity index (χ0n) is 18.5. The van der Waals surface area contributed by atoms with Crippen LogP contribution in [0.1, 0.15) is 35.3 Å². The van der Waals surface area contributed by atoms with Gasteiger partial charge in [0.15, 0.2) is 5.65 Å². The van der Waals surface area contributed by atoms with E-state index in [0.29, 0.717) is 12.2 Å². The molecule has 2 atom stereocenters. The fourth-order valence-electron chi connectivity index (χ4n) is 5.60. The number of hydrogen-bond donors (Lipinski definition) is 0. The summed E-state index contributed by atoms with van der Waals surface area (Å²) < 4.78 is 8.57. The van der Waals surface area contributed by atoms with E-state index in [1.165, 1.54) is 53.6 Å². The molecule has 1 saturated carbocycles. The molecule has 2 unspecified atom stereocenters. The van der Waals surface area contributed by atoms with Crippen LogP contribution in [0, 0.1) is 18.8 Å². The highest BCUT2D eigenvalue weighted by Gasteiger charge is 2.33. The summed E-state index contributed by atoms with van der Waals surface area (Å²) in [6.45, 7) is 6.01. The normalized spacial score (nSPS) is 21.1. The fraction of sp³-hybridized carbons (Fsp3) is 0.458. The van der Waals surface area contributed by atoms with Crippen molar-refractivity contribution in [3.05, 3.63) is 57.1 Å². The quantitative estimate of drug-likeness (QED) is 0.465. The Labute approximate surface area is 190 Å². The van der Waals surface area contributed by atoms with Crippen molar-refractivity contribution in [3.63, 3.8) is 0 Å². The molecule has 0 radical (unpaired) electrons. The van der Waals surface area contributed by atoms with Gasteiger partial charge in [0.1, 0.15) is 16.9 Å². The number of piperidine rings is 1. The number of fused-ring (bicyclic) bond motifs is 5. The molecule has 6 rings (SSSR count). The van der Waals surface area contributed by atoms with E-state index in [1.54, 1.807) is 18.4 Å². The maximum Gasteiger partial charge on any atom is 0.352 e. The van der Waals surface area contributed by atoms with Crippen LogP contribution < -0.4 is 10.4 Å². The number of aryl methyl sites for hydroxylation is 1. The summed E-state index contributed by atoms with van der Waals surface area (Å²) >= 11 is 1.74. The van der Waals surface area contributed by atoms with Gasteiger partial charge in [0.05, 0.1) is 19.0 Å². The number of ether oxygens (including phenoxy) is 1. The Kier molecular flexibility index (Phi) is 4.80. The van der Waals surface area contributed by atoms with Gasteiger partial charge in [-0.15, -0.1) is 11.3 Å². The van der Waals surface area contributed by atoms with Gasteiger partial charge in [0.25, 0.3) is 0 Å². The van der Waals surface area contributed by atoms with Gasteiger partial charge in [-0.25, -0.2) is 9.78 Å². The molecule has 7 nitrogen and oxygen atoms in total. The van der Waals surface area contributed by atoms with E-state index >= 15 is 0 Å². The lowest BCUT2D eigenvalue weighted by Gasteiger charge is -2.31. The molecule has 1 aliphatic carbocycles. The predicted molar refractivity (Wildman–Crippen MR) is 126 cm³/mol. The summed E-state index contributed by atoms with van der Waals surface area (Å²) in [5.74, 6) is 2.53. The van der Waals surface area contributed by atoms with Gasteiger partial charge >= 0.3 is 5.69 Å². The van der Waals surface area contributed by atoms with Crippen molar-refractivity contribution < 1.29 is 4.74 Å². The summed E-state index contributed by atoms with van der Waals surface area (Å²) in [7, 11) is 1.66. The van der Waals surface area contributed by atoms with Crippen molar-refractivity contribution in [2.75, 3.05) is 20.2 Å². The highest BCUT2D eigenvalue weighted by molar-refractivity contribution is 7.19. The highest BCUT2D eigenvalue weighted by atomic mass is 32.1. The number of hydrogen-bond acceptors (Lipinski definition) is 6. The van der Waals surface area contributed by atoms with Crippen LogP contribution in [0.3, 0.4) is 0 Å². The van der Waals surface area contributed by atoms with Gasteiger partial charge < -0.3 is 4.74 Å². The van der Waals surface area contributed by atoms with E-state index in [2.05, 4.69) is 21.9 Å². The van der Waals surface area contributed by atoms with Crippen LogP contribution in [-0.4, -0.2) is 44.3 Å². The Morgan fingerprint density at radius 3 is 2.59 bits per heavy atom. The number of likely N-dealkylation sites (tertiary alicyclic amines) is 1. The topological polar surface area (TPSA) is 64.7 Å². The fourth-order valence-corrected chi connectivity index (χ4v) is 6.94. The minimum Gasteiger partial charge on any atom is -0.497 e. The first-order valence-electron chi connectivity index (χ1n) is 11.3. The van der Waals surface area contributed by atoms with Gasteiger partial charge in [0.2, 0.25) is 0 Å². The molecule has 3 aromatic heterocycles. The van der Waals surface area contributed by atoms with Gasteiger partial charge in [0, 0.05) is 24.5 Å². The molecule has 166 valence electrons. The van der Waals surface area contributed by atoms with Crippen LogP contribution in [0.5, 0.6) is 5.75 Å². The van der Waals surface area contributed by atoms with Gasteiger partial charge in [-0.05, 0) is 61.3 Å². The van der Waals surface area contributed by atoms with E-state index in [0.717, 1.165) is 39.9 Å². The van der Waals surface area contributed by atoms with E-state index in [9.17, 15) is 4.79 Å². The second-order valence-corrected chi connectivity index (χ2v) is 10.4. The molecule has 2 bridgehead atoms. The number of thiophene rings is 1. The summed E-state index contributed by atoms with van der Waals surface area (Å²) in [4.78, 5) is 22.7. The number of aromatic nitrogens is 4. The Morgan fingerprint density at radius 1 is 1.12 bits per heavy atom. The molecule has 1 saturated heterocycles. The predicted octanol–water partition coefficient (Wildman–Crippen LogP) is 3.70. The molecule has 8 heteroatoms. The number of benzene rings is 1. The van der Waals surface area contributed by atoms with Gasteiger partial charge in [-0.1, -0.05) is 12.1 Å². The summed E-state index contributed by atoms with van der Waals surface area (Å²) in [5, 5.41) is 5.29. The van der Waals surface area contributed by atoms with Gasteiger partial charge in [-0.2, -0.15) is 9.61 Å². The molecule has 1 aromatic carbocycles. The third kappa shape index (κ3) is 3.24. The van der Waals surface area contributed by atoms with Crippen molar-refractivity contribution in [1.82, 2.24) is 24.1 Å². The van der Waals surface area contributed by atoms with E-state index in [1.807, 2.05) is 28.8 Å². The second kappa shape index (κ2) is 7.71. The monoisotopic (exact) mass is 449 g/mol. The van der Waals surface area contributed by atoms with E-state index in [-0.39, 0.29) is 5.69 Å². The van der Waals surface area contributed by atoms with Crippen LogP contribution in [0.2, 0.25) is 0 Å². The third-order valence-electron chi connectivity index (χ3n) is 7.21. The maximum absolute atomic E-state index is 13.3. The summed E-state index contributed by atoms with van der Waals surface area (Å²) in [6, 6.07) is 7.88. The maximum atomic E-state index is 13.3. The van der Waals surface area contributed by atoms with Crippen LogP contribution in [0.4, 0.5) is 0 Å². The van der Waals surface area contributed by atoms with Crippen LogP contribution in [-0.2, 0) is 13.1 Å². The Balaban J connectivity index is 1.44. The van der Waals surface area contributed by atoms with Crippen LogP contribution in [0.25, 0.3) is 15.9 Å². The van der Waals surface area contributed by atoms with Crippen molar-refractivity contribution in [1.29, 1.82) is 0 Å². The summed E-state index contributed by atoms with van der Waals surface area (Å²) in [6.07, 6.45) is 5.65. The lowest BCUT2D eigenvalue weighted by molar-refractivity contribution is 0.162. The number of nitrogens with zero attached hydrogens (tertiary/aromatic N) is 5. The second-order valence-electron chi connectivity index (χ2n) is 9.28. The SMILES string of the molecule is COc1ccc(Cn2c(=O)n3ncnc3c3c(C)c(CN4CC5CCC(C5)C4)sc32)cc1. The Bertz CT molecular complexity index is 1340. The van der Waals surface area contributed by atoms with Crippen molar-refractivity contribution in [3.8, 4) is 5.75 Å². The number of rotatable bonds is 5. The van der Waals surface area contributed by atoms with Crippen LogP contribution in [0.15, 0.2) is 35.4 Å². The molecule has 4 heterocycles. The van der Waals surface area contributed by atoms with Crippen molar-refractivity contribution in [2.24, 2.45) is 11.8 Å². The highest BCUT2D eigenvalue weighted by Crippen LogP contribution is 2.39. The molecule has 0 spiro atoms. The van der Waals surface area contributed by atoms with Gasteiger partial charge in [-0.3, -0.25) is 9.47 Å². The lowest BCUT2D eigenvalue weighted by Crippen LogP contribution is -2.35. The summed E-state index contributed by atoms with van der Waals surface area (Å²) in [5.41, 5.74) is 2.79. The van der Waals surface area contributed by atoms with E-state index < -0.39 is 0 Å². The molecule has 2 aliphatic rings. The minimum atomic E-state index is -0.148. The molecule has 0 amide bonds. The minimum absolute atomic E-state index is 0.148. The Hall–Kier alpha value is -2.71. The molecule has 1 aliphatic heterocycles. The van der Waals surface area contributed by atoms with Crippen molar-refractivity contribution in [2.45, 2.75) is 39.3 Å². The van der Waals surface area contributed by atoms with Crippen molar-refractivity contribution >= 4 is 27.2 Å². The number of methoxy groups -OCH3 is 1. The third-order valence-corrected chi connectivity index (χ3v) is 8.50. The molecular formula is C24H27N5O2S. The zero-order chi connectivity index (χ0) is 21.8. The lowest BCUT2D eigenvalue weighted by atomic mass is 9.99. The average molecular weight is 450 g/mol. The zero-order valence-corrected chi connectivity index (χ0v) is 19.3. The molecule has 32 heavy (non-hydrogen) atoms. The molecular weight excluding hydrogens is 422 g/mol. The first-order valence-corrected chi connectivity index (χ1v) is 12.1.